The van der Waals surface area contributed by atoms with E-state index in [2.05, 4.69) is 6.92 Å². The Balaban J connectivity index is 3.04. The van der Waals surface area contributed by atoms with E-state index in [0.717, 1.165) is 19.4 Å². The molecule has 1 atom stereocenters. The highest BCUT2D eigenvalue weighted by molar-refractivity contribution is 5.79. The highest BCUT2D eigenvalue weighted by Crippen LogP contribution is 1.88. The number of rotatable bonds is 15. The van der Waals surface area contributed by atoms with Gasteiger partial charge in [-0.05, 0) is 6.42 Å². The monoisotopic (exact) mass is 292 g/mol. The zero-order chi connectivity index (χ0) is 15.1. The molecule has 1 unspecified atom stereocenters. The Morgan fingerprint density at radius 2 is 1.35 bits per heavy atom. The van der Waals surface area contributed by atoms with E-state index in [4.69, 9.17) is 30.4 Å². The fourth-order valence-corrected chi connectivity index (χ4v) is 1.20. The van der Waals surface area contributed by atoms with Gasteiger partial charge in [0, 0.05) is 6.61 Å². The summed E-state index contributed by atoms with van der Waals surface area (Å²) in [5.41, 5.74) is 10.4. The van der Waals surface area contributed by atoms with Crippen LogP contribution in [0.25, 0.3) is 0 Å². The van der Waals surface area contributed by atoms with E-state index in [0.29, 0.717) is 39.6 Å². The first-order valence-electron chi connectivity index (χ1n) is 7.04. The van der Waals surface area contributed by atoms with Crippen molar-refractivity contribution in [3.05, 3.63) is 0 Å². The molecule has 7 heteroatoms. The molecule has 0 saturated heterocycles. The molecular weight excluding hydrogens is 264 g/mol. The first kappa shape index (κ1) is 19.3. The van der Waals surface area contributed by atoms with Crippen LogP contribution >= 0.6 is 0 Å². The van der Waals surface area contributed by atoms with E-state index in [9.17, 15) is 4.79 Å². The van der Waals surface area contributed by atoms with Crippen molar-refractivity contribution in [2.75, 3.05) is 52.9 Å². The van der Waals surface area contributed by atoms with Gasteiger partial charge in [0.15, 0.2) is 0 Å². The molecular formula is C13H28N2O5. The minimum Gasteiger partial charge on any atom is -0.379 e. The summed E-state index contributed by atoms with van der Waals surface area (Å²) in [5, 5.41) is 0. The summed E-state index contributed by atoms with van der Waals surface area (Å²) in [4.78, 5) is 10.6. The van der Waals surface area contributed by atoms with Gasteiger partial charge in [0.05, 0.1) is 46.2 Å². The molecule has 0 fully saturated rings. The third-order valence-corrected chi connectivity index (χ3v) is 2.42. The van der Waals surface area contributed by atoms with Gasteiger partial charge in [-0.3, -0.25) is 4.79 Å². The summed E-state index contributed by atoms with van der Waals surface area (Å²) >= 11 is 0. The number of hydrogen-bond donors (Lipinski definition) is 2. The van der Waals surface area contributed by atoms with Gasteiger partial charge in [0.25, 0.3) is 0 Å². The van der Waals surface area contributed by atoms with E-state index in [1.165, 1.54) is 0 Å². The predicted molar refractivity (Wildman–Crippen MR) is 75.4 cm³/mol. The van der Waals surface area contributed by atoms with Crippen molar-refractivity contribution in [1.29, 1.82) is 0 Å². The highest BCUT2D eigenvalue weighted by atomic mass is 16.6. The van der Waals surface area contributed by atoms with Gasteiger partial charge in [-0.2, -0.15) is 0 Å². The van der Waals surface area contributed by atoms with Crippen LogP contribution in [0, 0.1) is 0 Å². The van der Waals surface area contributed by atoms with Crippen molar-refractivity contribution < 1.29 is 23.7 Å². The van der Waals surface area contributed by atoms with E-state index in [1.807, 2.05) is 0 Å². The molecule has 0 spiro atoms. The molecule has 0 aromatic heterocycles. The average Bonchev–Trinajstić information content (AvgIpc) is 2.43. The van der Waals surface area contributed by atoms with Crippen LogP contribution in [0.15, 0.2) is 0 Å². The number of hydrogen-bond acceptors (Lipinski definition) is 6. The van der Waals surface area contributed by atoms with Gasteiger partial charge < -0.3 is 30.4 Å². The maximum Gasteiger partial charge on any atom is 0.236 e. The van der Waals surface area contributed by atoms with Crippen molar-refractivity contribution in [2.24, 2.45) is 11.5 Å². The number of amides is 1. The number of carbonyl (C=O) groups is 1. The lowest BCUT2D eigenvalue weighted by atomic mass is 10.3. The third kappa shape index (κ3) is 13.7. The Bertz CT molecular complexity index is 229. The van der Waals surface area contributed by atoms with E-state index >= 15 is 0 Å². The van der Waals surface area contributed by atoms with Crippen LogP contribution < -0.4 is 11.5 Å². The minimum atomic E-state index is -0.758. The van der Waals surface area contributed by atoms with Crippen LogP contribution in [-0.4, -0.2) is 64.8 Å². The topological polar surface area (TPSA) is 106 Å². The largest absolute Gasteiger partial charge is 0.379 e. The van der Waals surface area contributed by atoms with Crippen LogP contribution in [0.3, 0.4) is 0 Å². The summed E-state index contributed by atoms with van der Waals surface area (Å²) in [6, 6.07) is -0.758. The van der Waals surface area contributed by atoms with Crippen molar-refractivity contribution in [2.45, 2.75) is 25.8 Å². The molecule has 0 saturated carbocycles. The second-order valence-electron chi connectivity index (χ2n) is 4.27. The Labute approximate surface area is 120 Å². The fraction of sp³-hybridized carbons (Fsp3) is 0.923. The van der Waals surface area contributed by atoms with Crippen molar-refractivity contribution in [3.63, 3.8) is 0 Å². The van der Waals surface area contributed by atoms with Crippen LogP contribution in [0.4, 0.5) is 0 Å². The molecule has 0 aliphatic heterocycles. The quantitative estimate of drug-likeness (QED) is 0.400. The zero-order valence-corrected chi connectivity index (χ0v) is 12.3. The number of nitrogens with two attached hydrogens (primary N) is 2. The van der Waals surface area contributed by atoms with Crippen LogP contribution in [0.1, 0.15) is 19.8 Å². The molecule has 120 valence electrons. The lowest BCUT2D eigenvalue weighted by molar-refractivity contribution is -0.120. The maximum atomic E-state index is 10.6. The number of primary amides is 1. The second-order valence-corrected chi connectivity index (χ2v) is 4.27. The van der Waals surface area contributed by atoms with Gasteiger partial charge in [-0.15, -0.1) is 0 Å². The smallest absolute Gasteiger partial charge is 0.236 e. The molecule has 0 heterocycles. The van der Waals surface area contributed by atoms with Gasteiger partial charge >= 0.3 is 0 Å². The van der Waals surface area contributed by atoms with E-state index in [1.54, 1.807) is 0 Å². The van der Waals surface area contributed by atoms with Crippen molar-refractivity contribution >= 4 is 5.91 Å². The molecule has 20 heavy (non-hydrogen) atoms. The molecule has 0 radical (unpaired) electrons. The van der Waals surface area contributed by atoms with Crippen LogP contribution in [0.2, 0.25) is 0 Å². The predicted octanol–water partition coefficient (Wildman–Crippen LogP) is -0.334. The standard InChI is InChI=1S/C13H28N2O5/c1-2-3-4-17-5-6-18-7-8-19-9-10-20-11-12(14)13(15)16/h12H,2-11,14H2,1H3,(H2,15,16). The molecule has 0 aromatic carbocycles. The van der Waals surface area contributed by atoms with Gasteiger partial charge in [-0.25, -0.2) is 0 Å². The number of ether oxygens (including phenoxy) is 4. The average molecular weight is 292 g/mol. The third-order valence-electron chi connectivity index (χ3n) is 2.42. The number of carbonyl (C=O) groups excluding carboxylic acids is 1. The normalized spacial score (nSPS) is 12.5. The lowest BCUT2D eigenvalue weighted by Crippen LogP contribution is -2.40. The van der Waals surface area contributed by atoms with Crippen LogP contribution in [-0.2, 0) is 23.7 Å². The highest BCUT2D eigenvalue weighted by Gasteiger charge is 2.07. The van der Waals surface area contributed by atoms with E-state index in [-0.39, 0.29) is 6.61 Å². The Morgan fingerprint density at radius 1 is 0.900 bits per heavy atom. The molecule has 1 amide bonds. The first-order chi connectivity index (χ1) is 9.68. The molecule has 7 nitrogen and oxygen atoms in total. The van der Waals surface area contributed by atoms with Crippen molar-refractivity contribution in [3.8, 4) is 0 Å². The number of unbranched alkanes of at least 4 members (excludes halogenated alkanes) is 1. The Morgan fingerprint density at radius 3 is 1.80 bits per heavy atom. The maximum absolute atomic E-state index is 10.6. The first-order valence-corrected chi connectivity index (χ1v) is 7.04. The molecule has 0 bridgehead atoms. The van der Waals surface area contributed by atoms with Crippen molar-refractivity contribution in [1.82, 2.24) is 0 Å². The molecule has 0 aliphatic rings. The zero-order valence-electron chi connectivity index (χ0n) is 12.3. The minimum absolute atomic E-state index is 0.115. The van der Waals surface area contributed by atoms with Crippen LogP contribution in [0.5, 0.6) is 0 Å². The molecule has 0 rings (SSSR count). The Kier molecular flexibility index (Phi) is 14.1. The Hall–Kier alpha value is -0.730. The summed E-state index contributed by atoms with van der Waals surface area (Å²) in [5.74, 6) is -0.569. The van der Waals surface area contributed by atoms with Gasteiger partial charge in [-0.1, -0.05) is 13.3 Å². The summed E-state index contributed by atoms with van der Waals surface area (Å²) in [6.45, 7) is 6.07. The molecule has 0 aliphatic carbocycles. The summed E-state index contributed by atoms with van der Waals surface area (Å²) in [6.07, 6.45) is 2.23. The lowest BCUT2D eigenvalue weighted by Gasteiger charge is -2.09. The summed E-state index contributed by atoms with van der Waals surface area (Å²) in [7, 11) is 0. The van der Waals surface area contributed by atoms with Gasteiger partial charge in [0.1, 0.15) is 6.04 Å². The van der Waals surface area contributed by atoms with Gasteiger partial charge in [0.2, 0.25) is 5.91 Å². The molecule has 4 N–H and O–H groups in total. The fourth-order valence-electron chi connectivity index (χ4n) is 1.20. The summed E-state index contributed by atoms with van der Waals surface area (Å²) < 4.78 is 21.1. The molecule has 0 aromatic rings. The second kappa shape index (κ2) is 14.7. The SMILES string of the molecule is CCCCOCCOCCOCCOCC(N)C(N)=O. The van der Waals surface area contributed by atoms with E-state index < -0.39 is 11.9 Å².